The average Bonchev–Trinajstić information content (AvgIpc) is 3.06. The number of nitrogens with zero attached hydrogens (tertiary/aromatic N) is 1. The number of aliphatic hydroxyl groups is 1. The van der Waals surface area contributed by atoms with Gasteiger partial charge in [-0.15, -0.1) is 11.3 Å². The number of thiophene rings is 1. The lowest BCUT2D eigenvalue weighted by Gasteiger charge is -2.36. The lowest BCUT2D eigenvalue weighted by atomic mass is 10.2. The minimum Gasteiger partial charge on any atom is -0.392 e. The largest absolute Gasteiger partial charge is 0.392 e. The van der Waals surface area contributed by atoms with E-state index in [1.807, 2.05) is 0 Å². The Morgan fingerprint density at radius 3 is 3.05 bits per heavy atom. The molecule has 0 amide bonds. The van der Waals surface area contributed by atoms with Gasteiger partial charge in [0, 0.05) is 6.54 Å². The van der Waals surface area contributed by atoms with Gasteiger partial charge in [0.1, 0.15) is 4.21 Å². The van der Waals surface area contributed by atoms with Crippen molar-refractivity contribution in [1.82, 2.24) is 4.31 Å². The molecule has 1 aliphatic heterocycles. The highest BCUT2D eigenvalue weighted by molar-refractivity contribution is 7.91. The van der Waals surface area contributed by atoms with E-state index < -0.39 is 10.0 Å². The molecule has 0 radical (unpaired) electrons. The van der Waals surface area contributed by atoms with Crippen molar-refractivity contribution in [1.29, 1.82) is 0 Å². The van der Waals surface area contributed by atoms with E-state index in [-0.39, 0.29) is 18.8 Å². The molecule has 19 heavy (non-hydrogen) atoms. The predicted octanol–water partition coefficient (Wildman–Crippen LogP) is 1.18. The summed E-state index contributed by atoms with van der Waals surface area (Å²) in [5.74, 6) is 0. The van der Waals surface area contributed by atoms with E-state index in [9.17, 15) is 8.42 Å². The van der Waals surface area contributed by atoms with Crippen LogP contribution in [0.5, 0.6) is 0 Å². The molecule has 3 rings (SSSR count). The molecule has 7 heteroatoms. The van der Waals surface area contributed by atoms with Crippen LogP contribution < -0.4 is 0 Å². The molecule has 1 aromatic heterocycles. The highest BCUT2D eigenvalue weighted by atomic mass is 32.2. The maximum Gasteiger partial charge on any atom is 0.252 e. The maximum atomic E-state index is 12.7. The van der Waals surface area contributed by atoms with Gasteiger partial charge in [0.15, 0.2) is 0 Å². The van der Waals surface area contributed by atoms with Crippen molar-refractivity contribution in [3.63, 3.8) is 0 Å². The van der Waals surface area contributed by atoms with Gasteiger partial charge in [0.2, 0.25) is 0 Å². The fraction of sp³-hybridized carbons (Fsp3) is 0.667. The lowest BCUT2D eigenvalue weighted by Crippen LogP contribution is -2.50. The number of rotatable bonds is 3. The minimum absolute atomic E-state index is 0.0153. The Kier molecular flexibility index (Phi) is 3.65. The number of fused-ring (bicyclic) bond motifs is 1. The molecule has 5 nitrogen and oxygen atoms in total. The fourth-order valence-electron chi connectivity index (χ4n) is 2.88. The van der Waals surface area contributed by atoms with E-state index in [1.54, 1.807) is 15.8 Å². The Morgan fingerprint density at radius 1 is 1.47 bits per heavy atom. The Bertz CT molecular complexity index is 554. The molecule has 1 aliphatic carbocycles. The number of ether oxygens (including phenoxy) is 1. The zero-order valence-electron chi connectivity index (χ0n) is 10.5. The first kappa shape index (κ1) is 13.5. The normalized spacial score (nSPS) is 28.5. The van der Waals surface area contributed by atoms with Gasteiger partial charge < -0.3 is 9.84 Å². The molecule has 2 fully saturated rings. The van der Waals surface area contributed by atoms with Gasteiger partial charge >= 0.3 is 0 Å². The molecule has 1 saturated heterocycles. The monoisotopic (exact) mass is 303 g/mol. The zero-order valence-corrected chi connectivity index (χ0v) is 12.1. The molecule has 2 unspecified atom stereocenters. The standard InChI is InChI=1S/C12H17NO4S2/c14-7-9-6-12(18-8-9)19(15,16)13-4-5-17-11-3-1-2-10(11)13/h6,8,10-11,14H,1-5,7H2. The summed E-state index contributed by atoms with van der Waals surface area (Å²) in [6.45, 7) is 0.773. The van der Waals surface area contributed by atoms with Crippen molar-refractivity contribution in [3.8, 4) is 0 Å². The van der Waals surface area contributed by atoms with Crippen LogP contribution in [-0.2, 0) is 21.4 Å². The molecule has 0 aromatic carbocycles. The first-order valence-corrected chi connectivity index (χ1v) is 8.76. The van der Waals surface area contributed by atoms with Crippen LogP contribution in [0.3, 0.4) is 0 Å². The molecule has 1 saturated carbocycles. The van der Waals surface area contributed by atoms with Crippen LogP contribution in [0.4, 0.5) is 0 Å². The number of aliphatic hydroxyl groups excluding tert-OH is 1. The van der Waals surface area contributed by atoms with Crippen LogP contribution in [0.15, 0.2) is 15.7 Å². The second kappa shape index (κ2) is 5.14. The highest BCUT2D eigenvalue weighted by Gasteiger charge is 2.42. The molecule has 2 atom stereocenters. The first-order valence-electron chi connectivity index (χ1n) is 6.44. The third-order valence-electron chi connectivity index (χ3n) is 3.81. The fourth-order valence-corrected chi connectivity index (χ4v) is 5.87. The van der Waals surface area contributed by atoms with Crippen LogP contribution in [0.1, 0.15) is 24.8 Å². The van der Waals surface area contributed by atoms with Gasteiger partial charge in [-0.3, -0.25) is 0 Å². The summed E-state index contributed by atoms with van der Waals surface area (Å²) in [4.78, 5) is 0. The van der Waals surface area contributed by atoms with Crippen LogP contribution in [0.25, 0.3) is 0 Å². The second-order valence-electron chi connectivity index (χ2n) is 4.96. The van der Waals surface area contributed by atoms with Crippen LogP contribution >= 0.6 is 11.3 Å². The zero-order chi connectivity index (χ0) is 13.5. The number of hydrogen-bond donors (Lipinski definition) is 1. The van der Waals surface area contributed by atoms with Crippen molar-refractivity contribution in [2.45, 2.75) is 42.2 Å². The van der Waals surface area contributed by atoms with E-state index in [1.165, 1.54) is 11.3 Å². The summed E-state index contributed by atoms with van der Waals surface area (Å²) in [7, 11) is -3.44. The summed E-state index contributed by atoms with van der Waals surface area (Å²) < 4.78 is 32.9. The Hall–Kier alpha value is -0.470. The Labute approximate surface area is 116 Å². The molecule has 1 aromatic rings. The van der Waals surface area contributed by atoms with Crippen LogP contribution in [-0.4, -0.2) is 43.1 Å². The van der Waals surface area contributed by atoms with Gasteiger partial charge in [-0.1, -0.05) is 0 Å². The molecule has 2 heterocycles. The predicted molar refractivity (Wildman–Crippen MR) is 71.5 cm³/mol. The van der Waals surface area contributed by atoms with Crippen molar-refractivity contribution < 1.29 is 18.3 Å². The van der Waals surface area contributed by atoms with Crippen molar-refractivity contribution in [2.24, 2.45) is 0 Å². The Morgan fingerprint density at radius 2 is 2.32 bits per heavy atom. The molecular weight excluding hydrogens is 286 g/mol. The smallest absolute Gasteiger partial charge is 0.252 e. The number of morpholine rings is 1. The van der Waals surface area contributed by atoms with Crippen molar-refractivity contribution >= 4 is 21.4 Å². The first-order chi connectivity index (χ1) is 9.13. The lowest BCUT2D eigenvalue weighted by molar-refractivity contribution is -0.0241. The SMILES string of the molecule is O=S(=O)(c1cc(CO)cs1)N1CCOC2CCCC21. The summed E-state index contributed by atoms with van der Waals surface area (Å²) in [6.07, 6.45) is 2.90. The molecular formula is C12H17NO4S2. The van der Waals surface area contributed by atoms with Crippen molar-refractivity contribution in [3.05, 3.63) is 17.0 Å². The van der Waals surface area contributed by atoms with Gasteiger partial charge in [-0.2, -0.15) is 4.31 Å². The third-order valence-corrected chi connectivity index (χ3v) is 7.19. The van der Waals surface area contributed by atoms with Crippen LogP contribution in [0.2, 0.25) is 0 Å². The molecule has 0 bridgehead atoms. The topological polar surface area (TPSA) is 66.8 Å². The van der Waals surface area contributed by atoms with E-state index in [0.717, 1.165) is 19.3 Å². The molecule has 106 valence electrons. The van der Waals surface area contributed by atoms with Gasteiger partial charge in [-0.05, 0) is 36.3 Å². The summed E-state index contributed by atoms with van der Waals surface area (Å²) in [6, 6.07) is 1.55. The molecule has 2 aliphatic rings. The highest BCUT2D eigenvalue weighted by Crippen LogP contribution is 2.34. The quantitative estimate of drug-likeness (QED) is 0.910. The number of hydrogen-bond acceptors (Lipinski definition) is 5. The molecule has 0 spiro atoms. The van der Waals surface area contributed by atoms with Crippen molar-refractivity contribution in [2.75, 3.05) is 13.2 Å². The summed E-state index contributed by atoms with van der Waals surface area (Å²) >= 11 is 1.18. The van der Waals surface area contributed by atoms with E-state index >= 15 is 0 Å². The average molecular weight is 303 g/mol. The van der Waals surface area contributed by atoms with Gasteiger partial charge in [0.05, 0.1) is 25.4 Å². The number of sulfonamides is 1. The van der Waals surface area contributed by atoms with Gasteiger partial charge in [-0.25, -0.2) is 8.42 Å². The summed E-state index contributed by atoms with van der Waals surface area (Å²) in [5.41, 5.74) is 0.653. The van der Waals surface area contributed by atoms with E-state index in [2.05, 4.69) is 0 Å². The maximum absolute atomic E-state index is 12.7. The van der Waals surface area contributed by atoms with Crippen LogP contribution in [0, 0.1) is 0 Å². The van der Waals surface area contributed by atoms with E-state index in [4.69, 9.17) is 9.84 Å². The van der Waals surface area contributed by atoms with Gasteiger partial charge in [0.25, 0.3) is 10.0 Å². The third kappa shape index (κ3) is 2.34. The minimum atomic E-state index is -3.44. The second-order valence-corrected chi connectivity index (χ2v) is 7.98. The molecule has 1 N–H and O–H groups in total. The summed E-state index contributed by atoms with van der Waals surface area (Å²) in [5, 5.41) is 10.7. The Balaban J connectivity index is 1.90. The van der Waals surface area contributed by atoms with E-state index in [0.29, 0.717) is 22.9 Å².